The summed E-state index contributed by atoms with van der Waals surface area (Å²) in [6.45, 7) is 4.66. The van der Waals surface area contributed by atoms with Crippen LogP contribution < -0.4 is 5.32 Å². The number of hydrogen-bond donors (Lipinski definition) is 1. The second kappa shape index (κ2) is 6.86. The number of halogens is 1. The first-order valence-electron chi connectivity index (χ1n) is 6.58. The van der Waals surface area contributed by atoms with Crippen molar-refractivity contribution in [1.29, 1.82) is 0 Å². The lowest BCUT2D eigenvalue weighted by Crippen LogP contribution is -2.22. The van der Waals surface area contributed by atoms with E-state index in [2.05, 4.69) is 30.2 Å². The van der Waals surface area contributed by atoms with Gasteiger partial charge in [0.15, 0.2) is 0 Å². The minimum atomic E-state index is -0.113. The molecule has 1 N–H and O–H groups in total. The molecule has 0 aromatic carbocycles. The first kappa shape index (κ1) is 15.0. The Morgan fingerprint density at radius 2 is 2.20 bits per heavy atom. The smallest absolute Gasteiger partial charge is 0.251 e. The second-order valence-electron chi connectivity index (χ2n) is 4.61. The molecule has 0 spiro atoms. The van der Waals surface area contributed by atoms with Crippen LogP contribution in [0.5, 0.6) is 0 Å². The van der Waals surface area contributed by atoms with E-state index in [0.717, 1.165) is 23.4 Å². The first-order chi connectivity index (χ1) is 9.58. The Balaban J connectivity index is 2.04. The van der Waals surface area contributed by atoms with Gasteiger partial charge in [-0.15, -0.1) is 11.3 Å². The molecule has 0 unspecified atom stereocenters. The quantitative estimate of drug-likeness (QED) is 0.849. The molecule has 0 aliphatic rings. The van der Waals surface area contributed by atoms with E-state index in [0.29, 0.717) is 17.3 Å². The molecule has 1 amide bonds. The summed E-state index contributed by atoms with van der Waals surface area (Å²) in [6, 6.07) is 7.50. The molecule has 0 saturated heterocycles. The summed E-state index contributed by atoms with van der Waals surface area (Å²) in [5.41, 5.74) is 1.43. The van der Waals surface area contributed by atoms with Crippen molar-refractivity contribution in [2.24, 2.45) is 0 Å². The standard InChI is InChI=1S/C15H17ClN2OS/c1-3-4-12-7-11(8-14(16)18-12)15(19)17-9-13-6-5-10(2)20-13/h5-8H,3-4,9H2,1-2H3,(H,17,19). The summed E-state index contributed by atoms with van der Waals surface area (Å²) in [5, 5.41) is 3.28. The SMILES string of the molecule is CCCc1cc(C(=O)NCc2ccc(C)s2)cc(Cl)n1. The maximum absolute atomic E-state index is 12.1. The molecule has 2 aromatic rings. The van der Waals surface area contributed by atoms with Gasteiger partial charge in [-0.25, -0.2) is 4.98 Å². The molecule has 2 rings (SSSR count). The summed E-state index contributed by atoms with van der Waals surface area (Å²) in [4.78, 5) is 18.7. The molecule has 0 aliphatic heterocycles. The van der Waals surface area contributed by atoms with E-state index in [1.165, 1.54) is 4.88 Å². The van der Waals surface area contributed by atoms with E-state index in [9.17, 15) is 4.79 Å². The number of pyridine rings is 1. The monoisotopic (exact) mass is 308 g/mol. The number of rotatable bonds is 5. The zero-order chi connectivity index (χ0) is 14.5. The number of nitrogens with zero attached hydrogens (tertiary/aromatic N) is 1. The van der Waals surface area contributed by atoms with Gasteiger partial charge in [0.25, 0.3) is 5.91 Å². The summed E-state index contributed by atoms with van der Waals surface area (Å²) in [5.74, 6) is -0.113. The number of amides is 1. The summed E-state index contributed by atoms with van der Waals surface area (Å²) in [6.07, 6.45) is 1.80. The Labute approximate surface area is 128 Å². The van der Waals surface area contributed by atoms with Gasteiger partial charge in [-0.05, 0) is 37.6 Å². The summed E-state index contributed by atoms with van der Waals surface area (Å²) in [7, 11) is 0. The average molecular weight is 309 g/mol. The van der Waals surface area contributed by atoms with Crippen LogP contribution in [0.25, 0.3) is 0 Å². The molecule has 2 heterocycles. The van der Waals surface area contributed by atoms with Crippen LogP contribution in [0.15, 0.2) is 24.3 Å². The van der Waals surface area contributed by atoms with Gasteiger partial charge >= 0.3 is 0 Å². The van der Waals surface area contributed by atoms with Crippen molar-refractivity contribution in [2.45, 2.75) is 33.2 Å². The summed E-state index contributed by atoms with van der Waals surface area (Å²) < 4.78 is 0. The Morgan fingerprint density at radius 1 is 1.40 bits per heavy atom. The van der Waals surface area contributed by atoms with Crippen molar-refractivity contribution in [2.75, 3.05) is 0 Å². The highest BCUT2D eigenvalue weighted by atomic mass is 35.5. The van der Waals surface area contributed by atoms with Crippen LogP contribution in [0.4, 0.5) is 0 Å². The van der Waals surface area contributed by atoms with Crippen molar-refractivity contribution >= 4 is 28.8 Å². The predicted octanol–water partition coefficient (Wildman–Crippen LogP) is 3.99. The Hall–Kier alpha value is -1.39. The topological polar surface area (TPSA) is 42.0 Å². The molecule has 0 bridgehead atoms. The molecule has 5 heteroatoms. The van der Waals surface area contributed by atoms with Crippen LogP contribution in [0.2, 0.25) is 5.15 Å². The van der Waals surface area contributed by atoms with Crippen molar-refractivity contribution in [3.63, 3.8) is 0 Å². The highest BCUT2D eigenvalue weighted by Crippen LogP contribution is 2.16. The fourth-order valence-corrected chi connectivity index (χ4v) is 2.97. The number of thiophene rings is 1. The van der Waals surface area contributed by atoms with Crippen LogP contribution in [0.1, 0.15) is 39.2 Å². The lowest BCUT2D eigenvalue weighted by atomic mass is 10.1. The van der Waals surface area contributed by atoms with Crippen LogP contribution in [-0.2, 0) is 13.0 Å². The van der Waals surface area contributed by atoms with Gasteiger partial charge in [0.05, 0.1) is 6.54 Å². The molecule has 0 saturated carbocycles. The Morgan fingerprint density at radius 3 is 2.85 bits per heavy atom. The van der Waals surface area contributed by atoms with Crippen LogP contribution in [-0.4, -0.2) is 10.9 Å². The molecule has 20 heavy (non-hydrogen) atoms. The van der Waals surface area contributed by atoms with Crippen LogP contribution >= 0.6 is 22.9 Å². The molecule has 0 fully saturated rings. The molecule has 106 valence electrons. The Kier molecular flexibility index (Phi) is 5.15. The molecule has 2 aromatic heterocycles. The van der Waals surface area contributed by atoms with Crippen molar-refractivity contribution in [3.8, 4) is 0 Å². The molecule has 0 aliphatic carbocycles. The van der Waals surface area contributed by atoms with E-state index in [1.807, 2.05) is 12.1 Å². The average Bonchev–Trinajstić information content (AvgIpc) is 2.81. The van der Waals surface area contributed by atoms with E-state index >= 15 is 0 Å². The van der Waals surface area contributed by atoms with Crippen molar-refractivity contribution in [3.05, 3.63) is 50.4 Å². The van der Waals surface area contributed by atoms with Crippen molar-refractivity contribution in [1.82, 2.24) is 10.3 Å². The fourth-order valence-electron chi connectivity index (χ4n) is 1.92. The van der Waals surface area contributed by atoms with Gasteiger partial charge in [0.2, 0.25) is 0 Å². The number of carbonyl (C=O) groups is 1. The minimum absolute atomic E-state index is 0.113. The zero-order valence-electron chi connectivity index (χ0n) is 11.6. The number of hydrogen-bond acceptors (Lipinski definition) is 3. The third-order valence-electron chi connectivity index (χ3n) is 2.83. The van der Waals surface area contributed by atoms with Gasteiger partial charge in [-0.3, -0.25) is 4.79 Å². The normalized spacial score (nSPS) is 10.6. The third-order valence-corrected chi connectivity index (χ3v) is 4.03. The van der Waals surface area contributed by atoms with E-state index in [-0.39, 0.29) is 5.91 Å². The second-order valence-corrected chi connectivity index (χ2v) is 6.37. The highest BCUT2D eigenvalue weighted by molar-refractivity contribution is 7.11. The lowest BCUT2D eigenvalue weighted by Gasteiger charge is -2.06. The number of carbonyl (C=O) groups excluding carboxylic acids is 1. The molecule has 0 radical (unpaired) electrons. The highest BCUT2D eigenvalue weighted by Gasteiger charge is 2.09. The van der Waals surface area contributed by atoms with Gasteiger partial charge in [0, 0.05) is 21.0 Å². The van der Waals surface area contributed by atoms with Crippen LogP contribution in [0, 0.1) is 6.92 Å². The number of aromatic nitrogens is 1. The lowest BCUT2D eigenvalue weighted by molar-refractivity contribution is 0.0951. The van der Waals surface area contributed by atoms with Gasteiger partial charge < -0.3 is 5.32 Å². The molecular weight excluding hydrogens is 292 g/mol. The Bertz CT molecular complexity index is 610. The molecular formula is C15H17ClN2OS. The van der Waals surface area contributed by atoms with Crippen LogP contribution in [0.3, 0.4) is 0 Å². The van der Waals surface area contributed by atoms with Gasteiger partial charge in [0.1, 0.15) is 5.15 Å². The van der Waals surface area contributed by atoms with Gasteiger partial charge in [-0.2, -0.15) is 0 Å². The molecule has 0 atom stereocenters. The number of nitrogens with one attached hydrogen (secondary N) is 1. The summed E-state index contributed by atoms with van der Waals surface area (Å²) >= 11 is 7.65. The fraction of sp³-hybridized carbons (Fsp3) is 0.333. The first-order valence-corrected chi connectivity index (χ1v) is 7.78. The predicted molar refractivity (Wildman–Crippen MR) is 83.5 cm³/mol. The zero-order valence-corrected chi connectivity index (χ0v) is 13.1. The minimum Gasteiger partial charge on any atom is -0.347 e. The van der Waals surface area contributed by atoms with Gasteiger partial charge in [-0.1, -0.05) is 24.9 Å². The van der Waals surface area contributed by atoms with E-state index in [1.54, 1.807) is 17.4 Å². The maximum atomic E-state index is 12.1. The third kappa shape index (κ3) is 4.05. The van der Waals surface area contributed by atoms with E-state index in [4.69, 9.17) is 11.6 Å². The van der Waals surface area contributed by atoms with Crippen molar-refractivity contribution < 1.29 is 4.79 Å². The maximum Gasteiger partial charge on any atom is 0.251 e. The van der Waals surface area contributed by atoms with E-state index < -0.39 is 0 Å². The molecule has 3 nitrogen and oxygen atoms in total. The largest absolute Gasteiger partial charge is 0.347 e. The number of aryl methyl sites for hydroxylation is 2.